The lowest BCUT2D eigenvalue weighted by atomic mass is 10.2. The Bertz CT molecular complexity index is 823. The van der Waals surface area contributed by atoms with Gasteiger partial charge in [-0.25, -0.2) is 4.98 Å². The molecule has 3 rings (SSSR count). The Morgan fingerprint density at radius 3 is 2.91 bits per heavy atom. The molecular formula is C14H16N4O3S. The third kappa shape index (κ3) is 2.50. The summed E-state index contributed by atoms with van der Waals surface area (Å²) < 4.78 is 1.32. The van der Waals surface area contributed by atoms with Crippen LogP contribution >= 0.6 is 11.3 Å². The van der Waals surface area contributed by atoms with Gasteiger partial charge in [-0.2, -0.15) is 0 Å². The average molecular weight is 320 g/mol. The average Bonchev–Trinajstić information content (AvgIpc) is 2.78. The Labute approximate surface area is 130 Å². The first kappa shape index (κ1) is 14.7. The van der Waals surface area contributed by atoms with E-state index in [2.05, 4.69) is 10.3 Å². The fourth-order valence-corrected chi connectivity index (χ4v) is 3.47. The highest BCUT2D eigenvalue weighted by atomic mass is 32.1. The van der Waals surface area contributed by atoms with Crippen LogP contribution in [0.5, 0.6) is 0 Å². The molecular weight excluding hydrogens is 304 g/mol. The van der Waals surface area contributed by atoms with E-state index in [1.54, 1.807) is 0 Å². The number of amides is 2. The van der Waals surface area contributed by atoms with Gasteiger partial charge in [-0.15, -0.1) is 11.3 Å². The van der Waals surface area contributed by atoms with Gasteiger partial charge >= 0.3 is 0 Å². The molecule has 2 amide bonds. The van der Waals surface area contributed by atoms with Crippen molar-refractivity contribution in [2.45, 2.75) is 20.4 Å². The molecule has 1 aliphatic heterocycles. The maximum atomic E-state index is 12.5. The molecule has 0 atom stereocenters. The van der Waals surface area contributed by atoms with Crippen molar-refractivity contribution in [2.24, 2.45) is 0 Å². The van der Waals surface area contributed by atoms with E-state index in [1.165, 1.54) is 27.1 Å². The van der Waals surface area contributed by atoms with Crippen LogP contribution in [0.3, 0.4) is 0 Å². The second-order valence-electron chi connectivity index (χ2n) is 5.31. The maximum absolute atomic E-state index is 12.5. The smallest absolute Gasteiger partial charge is 0.262 e. The summed E-state index contributed by atoms with van der Waals surface area (Å²) in [5.74, 6) is -0.424. The van der Waals surface area contributed by atoms with Gasteiger partial charge < -0.3 is 10.2 Å². The molecule has 116 valence electrons. The Kier molecular flexibility index (Phi) is 3.69. The number of rotatable bonds is 2. The number of fused-ring (bicyclic) bond motifs is 1. The van der Waals surface area contributed by atoms with Crippen molar-refractivity contribution in [2.75, 3.05) is 19.6 Å². The Balaban J connectivity index is 1.89. The molecule has 0 saturated carbocycles. The predicted molar refractivity (Wildman–Crippen MR) is 82.9 cm³/mol. The molecule has 0 aromatic carbocycles. The number of hydrogen-bond donors (Lipinski definition) is 1. The minimum atomic E-state index is -0.247. The van der Waals surface area contributed by atoms with E-state index in [0.29, 0.717) is 23.3 Å². The third-order valence-corrected chi connectivity index (χ3v) is 4.97. The van der Waals surface area contributed by atoms with E-state index in [-0.39, 0.29) is 30.5 Å². The molecule has 1 aliphatic rings. The first-order valence-electron chi connectivity index (χ1n) is 6.97. The highest BCUT2D eigenvalue weighted by molar-refractivity contribution is 7.18. The summed E-state index contributed by atoms with van der Waals surface area (Å²) >= 11 is 1.48. The van der Waals surface area contributed by atoms with Crippen LogP contribution in [0.1, 0.15) is 10.4 Å². The highest BCUT2D eigenvalue weighted by Gasteiger charge is 2.22. The second-order valence-corrected chi connectivity index (χ2v) is 6.51. The summed E-state index contributed by atoms with van der Waals surface area (Å²) in [5, 5.41) is 3.24. The van der Waals surface area contributed by atoms with Gasteiger partial charge in [0.15, 0.2) is 0 Å². The van der Waals surface area contributed by atoms with Crippen molar-refractivity contribution in [1.29, 1.82) is 0 Å². The molecule has 1 N–H and O–H groups in total. The summed E-state index contributed by atoms with van der Waals surface area (Å²) in [5.41, 5.74) is 0.707. The molecule has 1 fully saturated rings. The largest absolute Gasteiger partial charge is 0.353 e. The zero-order valence-corrected chi connectivity index (χ0v) is 13.2. The van der Waals surface area contributed by atoms with Gasteiger partial charge in [0.1, 0.15) is 11.4 Å². The number of nitrogens with zero attached hydrogens (tertiary/aromatic N) is 3. The molecule has 1 saturated heterocycles. The summed E-state index contributed by atoms with van der Waals surface area (Å²) in [6.07, 6.45) is 1.40. The quantitative estimate of drug-likeness (QED) is 0.846. The standard InChI is InChI=1S/C14H16N4O3S/c1-8-9(2)22-13-12(8)14(21)18(7-16-13)6-11(20)17-4-3-15-10(19)5-17/h7H,3-6H2,1-2H3,(H,15,19). The second kappa shape index (κ2) is 5.53. The molecule has 0 bridgehead atoms. The number of nitrogens with one attached hydrogen (secondary N) is 1. The highest BCUT2D eigenvalue weighted by Crippen LogP contribution is 2.25. The lowest BCUT2D eigenvalue weighted by Gasteiger charge is -2.26. The summed E-state index contributed by atoms with van der Waals surface area (Å²) in [6.45, 7) is 4.69. The first-order valence-corrected chi connectivity index (χ1v) is 7.78. The molecule has 3 heterocycles. The van der Waals surface area contributed by atoms with Gasteiger partial charge in [0, 0.05) is 18.0 Å². The van der Waals surface area contributed by atoms with Crippen LogP contribution in [0.4, 0.5) is 0 Å². The van der Waals surface area contributed by atoms with Crippen molar-refractivity contribution in [3.05, 3.63) is 27.1 Å². The minimum Gasteiger partial charge on any atom is -0.353 e. The van der Waals surface area contributed by atoms with E-state index >= 15 is 0 Å². The number of aryl methyl sites for hydroxylation is 2. The number of piperazine rings is 1. The fourth-order valence-electron chi connectivity index (χ4n) is 2.48. The van der Waals surface area contributed by atoms with Crippen molar-refractivity contribution in [3.63, 3.8) is 0 Å². The minimum absolute atomic E-state index is 0.0415. The zero-order chi connectivity index (χ0) is 15.9. The van der Waals surface area contributed by atoms with E-state index in [0.717, 1.165) is 10.4 Å². The molecule has 0 aliphatic carbocycles. The summed E-state index contributed by atoms with van der Waals surface area (Å²) in [6, 6.07) is 0. The van der Waals surface area contributed by atoms with Gasteiger partial charge in [-0.1, -0.05) is 0 Å². The Morgan fingerprint density at radius 1 is 1.41 bits per heavy atom. The predicted octanol–water partition coefficient (Wildman–Crippen LogP) is 0.0332. The molecule has 0 radical (unpaired) electrons. The van der Waals surface area contributed by atoms with Crippen LogP contribution in [0, 0.1) is 13.8 Å². The monoisotopic (exact) mass is 320 g/mol. The van der Waals surface area contributed by atoms with Crippen molar-refractivity contribution < 1.29 is 9.59 Å². The number of hydrogen-bond acceptors (Lipinski definition) is 5. The van der Waals surface area contributed by atoms with E-state index in [4.69, 9.17) is 0 Å². The molecule has 22 heavy (non-hydrogen) atoms. The van der Waals surface area contributed by atoms with Crippen molar-refractivity contribution >= 4 is 33.4 Å². The summed E-state index contributed by atoms with van der Waals surface area (Å²) in [4.78, 5) is 43.6. The van der Waals surface area contributed by atoms with Crippen LogP contribution in [-0.2, 0) is 16.1 Å². The number of carbonyl (C=O) groups excluding carboxylic acids is 2. The van der Waals surface area contributed by atoms with Crippen LogP contribution in [-0.4, -0.2) is 45.9 Å². The molecule has 2 aromatic rings. The SMILES string of the molecule is Cc1sc2ncn(CC(=O)N3CCNC(=O)C3)c(=O)c2c1C. The fraction of sp³-hybridized carbons (Fsp3) is 0.429. The normalized spacial score (nSPS) is 15.2. The Hall–Kier alpha value is -2.22. The van der Waals surface area contributed by atoms with Crippen LogP contribution in [0.25, 0.3) is 10.2 Å². The number of aromatic nitrogens is 2. The molecule has 0 unspecified atom stereocenters. The van der Waals surface area contributed by atoms with Gasteiger partial charge in [-0.3, -0.25) is 19.0 Å². The summed E-state index contributed by atoms with van der Waals surface area (Å²) in [7, 11) is 0. The van der Waals surface area contributed by atoms with Gasteiger partial charge in [0.25, 0.3) is 5.56 Å². The lowest BCUT2D eigenvalue weighted by Crippen LogP contribution is -2.51. The van der Waals surface area contributed by atoms with Crippen molar-refractivity contribution in [1.82, 2.24) is 19.8 Å². The van der Waals surface area contributed by atoms with Crippen molar-refractivity contribution in [3.8, 4) is 0 Å². The zero-order valence-electron chi connectivity index (χ0n) is 12.4. The Morgan fingerprint density at radius 2 is 2.18 bits per heavy atom. The van der Waals surface area contributed by atoms with E-state index in [1.807, 2.05) is 13.8 Å². The van der Waals surface area contributed by atoms with Gasteiger partial charge in [0.05, 0.1) is 18.3 Å². The van der Waals surface area contributed by atoms with Gasteiger partial charge in [-0.05, 0) is 19.4 Å². The molecule has 2 aromatic heterocycles. The third-order valence-electron chi connectivity index (χ3n) is 3.85. The van der Waals surface area contributed by atoms with Crippen LogP contribution in [0.15, 0.2) is 11.1 Å². The number of carbonyl (C=O) groups is 2. The lowest BCUT2D eigenvalue weighted by molar-refractivity contribution is -0.138. The van der Waals surface area contributed by atoms with Crippen LogP contribution in [0.2, 0.25) is 0 Å². The first-order chi connectivity index (χ1) is 10.5. The molecule has 8 heteroatoms. The van der Waals surface area contributed by atoms with Gasteiger partial charge in [0.2, 0.25) is 11.8 Å². The molecule has 7 nitrogen and oxygen atoms in total. The van der Waals surface area contributed by atoms with E-state index < -0.39 is 0 Å². The topological polar surface area (TPSA) is 84.3 Å². The molecule has 0 spiro atoms. The number of thiophene rings is 1. The van der Waals surface area contributed by atoms with E-state index in [9.17, 15) is 14.4 Å². The van der Waals surface area contributed by atoms with Crippen LogP contribution < -0.4 is 10.9 Å². The maximum Gasteiger partial charge on any atom is 0.262 e.